The number of esters is 1. The van der Waals surface area contributed by atoms with Gasteiger partial charge in [0.05, 0.1) is 23.9 Å². The molecule has 4 rings (SSSR count). The molecule has 1 aliphatic rings. The zero-order chi connectivity index (χ0) is 23.8. The predicted octanol–water partition coefficient (Wildman–Crippen LogP) is 4.25. The van der Waals surface area contributed by atoms with E-state index in [1.807, 2.05) is 6.07 Å². The van der Waals surface area contributed by atoms with E-state index >= 15 is 0 Å². The minimum Gasteiger partial charge on any atom is -0.466 e. The van der Waals surface area contributed by atoms with E-state index in [1.165, 1.54) is 12.1 Å². The van der Waals surface area contributed by atoms with Gasteiger partial charge in [0.15, 0.2) is 5.65 Å². The second kappa shape index (κ2) is 8.92. The van der Waals surface area contributed by atoms with Crippen molar-refractivity contribution >= 4 is 17.5 Å². The summed E-state index contributed by atoms with van der Waals surface area (Å²) in [6.07, 6.45) is 1.14. The molecule has 0 atom stereocenters. The maximum absolute atomic E-state index is 13.5. The van der Waals surface area contributed by atoms with Gasteiger partial charge < -0.3 is 9.64 Å². The fourth-order valence-electron chi connectivity index (χ4n) is 4.02. The Kier molecular flexibility index (Phi) is 6.19. The fourth-order valence-corrected chi connectivity index (χ4v) is 4.02. The Morgan fingerprint density at radius 2 is 1.79 bits per heavy atom. The summed E-state index contributed by atoms with van der Waals surface area (Å²) in [5, 5.41) is 4.73. The lowest BCUT2D eigenvalue weighted by Gasteiger charge is -2.30. The Labute approximate surface area is 192 Å². The molecule has 0 radical (unpaired) electrons. The highest BCUT2D eigenvalue weighted by Gasteiger charge is 2.30. The van der Waals surface area contributed by atoms with Gasteiger partial charge in [-0.25, -0.2) is 13.9 Å². The molecule has 1 fully saturated rings. The molecular formula is C25H29FN4O3. The fraction of sp³-hybridized carbons (Fsp3) is 0.440. The predicted molar refractivity (Wildman–Crippen MR) is 122 cm³/mol. The number of carbonyl (C=O) groups is 2. The number of hydrogen-bond donors (Lipinski definition) is 0. The minimum absolute atomic E-state index is 0.177. The van der Waals surface area contributed by atoms with Crippen molar-refractivity contribution in [3.05, 3.63) is 53.6 Å². The maximum Gasteiger partial charge on any atom is 0.309 e. The molecule has 1 aliphatic heterocycles. The van der Waals surface area contributed by atoms with Crippen molar-refractivity contribution in [2.75, 3.05) is 19.7 Å². The van der Waals surface area contributed by atoms with Crippen LogP contribution in [0, 0.1) is 11.7 Å². The number of nitrogens with zero attached hydrogens (tertiary/aromatic N) is 4. The van der Waals surface area contributed by atoms with Crippen LogP contribution < -0.4 is 0 Å². The van der Waals surface area contributed by atoms with Crippen LogP contribution in [-0.2, 0) is 14.9 Å². The molecule has 1 amide bonds. The molecule has 8 heteroatoms. The summed E-state index contributed by atoms with van der Waals surface area (Å²) in [6.45, 7) is 9.26. The number of ether oxygens (including phenoxy) is 1. The Hall–Kier alpha value is -3.29. The highest BCUT2D eigenvalue weighted by molar-refractivity contribution is 5.94. The average Bonchev–Trinajstić information content (AvgIpc) is 3.24. The Balaban J connectivity index is 1.68. The minimum atomic E-state index is -0.333. The molecule has 2 aromatic heterocycles. The first-order chi connectivity index (χ1) is 15.7. The van der Waals surface area contributed by atoms with Crippen molar-refractivity contribution in [3.63, 3.8) is 0 Å². The van der Waals surface area contributed by atoms with Gasteiger partial charge in [0, 0.05) is 30.1 Å². The van der Waals surface area contributed by atoms with Crippen LogP contribution in [0.4, 0.5) is 4.39 Å². The van der Waals surface area contributed by atoms with Crippen LogP contribution in [0.5, 0.6) is 0 Å². The second-order valence-corrected chi connectivity index (χ2v) is 9.40. The largest absolute Gasteiger partial charge is 0.466 e. The van der Waals surface area contributed by atoms with Crippen LogP contribution in [0.1, 0.15) is 56.7 Å². The van der Waals surface area contributed by atoms with Crippen LogP contribution in [0.2, 0.25) is 0 Å². The lowest BCUT2D eigenvalue weighted by molar-refractivity contribution is -0.149. The third-order valence-electron chi connectivity index (χ3n) is 5.96. The van der Waals surface area contributed by atoms with Gasteiger partial charge in [-0.05, 0) is 50.1 Å². The van der Waals surface area contributed by atoms with Crippen molar-refractivity contribution in [2.24, 2.45) is 5.92 Å². The first-order valence-corrected chi connectivity index (χ1v) is 11.3. The second-order valence-electron chi connectivity index (χ2n) is 9.40. The molecule has 0 N–H and O–H groups in total. The number of hydrogen-bond acceptors (Lipinski definition) is 5. The number of aromatic nitrogens is 3. The summed E-state index contributed by atoms with van der Waals surface area (Å²) in [5.74, 6) is -0.901. The first kappa shape index (κ1) is 22.9. The van der Waals surface area contributed by atoms with E-state index < -0.39 is 0 Å². The molecule has 7 nitrogen and oxygen atoms in total. The van der Waals surface area contributed by atoms with Crippen molar-refractivity contribution in [3.8, 4) is 11.3 Å². The van der Waals surface area contributed by atoms with Gasteiger partial charge >= 0.3 is 5.97 Å². The van der Waals surface area contributed by atoms with Gasteiger partial charge in [-0.2, -0.15) is 5.10 Å². The van der Waals surface area contributed by atoms with Gasteiger partial charge in [0.1, 0.15) is 11.5 Å². The van der Waals surface area contributed by atoms with Crippen molar-refractivity contribution in [1.29, 1.82) is 0 Å². The molecule has 33 heavy (non-hydrogen) atoms. The van der Waals surface area contributed by atoms with Crippen molar-refractivity contribution in [1.82, 2.24) is 19.5 Å². The van der Waals surface area contributed by atoms with E-state index in [0.29, 0.717) is 49.6 Å². The number of benzene rings is 1. The third kappa shape index (κ3) is 4.74. The summed E-state index contributed by atoms with van der Waals surface area (Å²) in [5.41, 5.74) is 2.91. The van der Waals surface area contributed by atoms with Crippen LogP contribution >= 0.6 is 0 Å². The molecule has 3 heterocycles. The molecule has 0 spiro atoms. The van der Waals surface area contributed by atoms with Crippen LogP contribution in [0.15, 0.2) is 36.4 Å². The van der Waals surface area contributed by atoms with E-state index in [0.717, 1.165) is 11.3 Å². The molecule has 0 bridgehead atoms. The van der Waals surface area contributed by atoms with E-state index in [1.54, 1.807) is 34.5 Å². The molecule has 174 valence electrons. The molecule has 1 aromatic carbocycles. The molecule has 0 aliphatic carbocycles. The third-order valence-corrected chi connectivity index (χ3v) is 5.96. The number of amides is 1. The van der Waals surface area contributed by atoms with Crippen LogP contribution in [-0.4, -0.2) is 51.1 Å². The first-order valence-electron chi connectivity index (χ1n) is 11.3. The maximum atomic E-state index is 13.5. The molecule has 0 unspecified atom stereocenters. The molecule has 0 saturated carbocycles. The summed E-state index contributed by atoms with van der Waals surface area (Å²) in [7, 11) is 0. The van der Waals surface area contributed by atoms with Crippen molar-refractivity contribution in [2.45, 2.75) is 46.0 Å². The monoisotopic (exact) mass is 452 g/mol. The lowest BCUT2D eigenvalue weighted by Crippen LogP contribution is -2.41. The summed E-state index contributed by atoms with van der Waals surface area (Å²) >= 11 is 0. The van der Waals surface area contributed by atoms with Gasteiger partial charge in [0.2, 0.25) is 0 Å². The van der Waals surface area contributed by atoms with Crippen LogP contribution in [0.25, 0.3) is 16.9 Å². The normalized spacial score (nSPS) is 15.1. The highest BCUT2D eigenvalue weighted by Crippen LogP contribution is 2.27. The molecule has 1 saturated heterocycles. The standard InChI is InChI=1S/C25H29FN4O3/c1-5-33-24(32)17-10-12-29(13-11-17)23(31)19-14-20(16-6-8-18(26)9-7-16)30-22(27-19)15-21(28-30)25(2,3)4/h6-9,14-15,17H,5,10-13H2,1-4H3. The highest BCUT2D eigenvalue weighted by atomic mass is 19.1. The number of carbonyl (C=O) groups excluding carboxylic acids is 2. The number of fused-ring (bicyclic) bond motifs is 1. The molecule has 3 aromatic rings. The number of likely N-dealkylation sites (tertiary alicyclic amines) is 1. The Morgan fingerprint density at radius 3 is 2.39 bits per heavy atom. The van der Waals surface area contributed by atoms with Gasteiger partial charge in [0.25, 0.3) is 5.91 Å². The SMILES string of the molecule is CCOC(=O)C1CCN(C(=O)c2cc(-c3ccc(F)cc3)n3nc(C(C)(C)C)cc3n2)CC1. The zero-order valence-electron chi connectivity index (χ0n) is 19.5. The van der Waals surface area contributed by atoms with Crippen LogP contribution in [0.3, 0.4) is 0 Å². The quantitative estimate of drug-likeness (QED) is 0.553. The van der Waals surface area contributed by atoms with Gasteiger partial charge in [-0.3, -0.25) is 9.59 Å². The number of halogens is 1. The van der Waals surface area contributed by atoms with E-state index in [4.69, 9.17) is 9.84 Å². The summed E-state index contributed by atoms with van der Waals surface area (Å²) in [4.78, 5) is 31.7. The zero-order valence-corrected chi connectivity index (χ0v) is 19.5. The summed E-state index contributed by atoms with van der Waals surface area (Å²) < 4.78 is 20.4. The van der Waals surface area contributed by atoms with E-state index in [9.17, 15) is 14.0 Å². The number of piperidine rings is 1. The number of rotatable bonds is 4. The molecular weight excluding hydrogens is 423 g/mol. The average molecular weight is 453 g/mol. The Morgan fingerprint density at radius 1 is 1.12 bits per heavy atom. The van der Waals surface area contributed by atoms with Gasteiger partial charge in [-0.15, -0.1) is 0 Å². The Bertz CT molecular complexity index is 1170. The van der Waals surface area contributed by atoms with Crippen molar-refractivity contribution < 1.29 is 18.7 Å². The van der Waals surface area contributed by atoms with E-state index in [-0.39, 0.29) is 29.0 Å². The summed E-state index contributed by atoms with van der Waals surface area (Å²) in [6, 6.07) is 9.70. The topological polar surface area (TPSA) is 76.8 Å². The lowest BCUT2D eigenvalue weighted by atomic mass is 9.93. The van der Waals surface area contributed by atoms with E-state index in [2.05, 4.69) is 25.8 Å². The smallest absolute Gasteiger partial charge is 0.309 e. The van der Waals surface area contributed by atoms with Gasteiger partial charge in [-0.1, -0.05) is 20.8 Å².